The van der Waals surface area contributed by atoms with E-state index < -0.39 is 6.17 Å². The van der Waals surface area contributed by atoms with E-state index >= 15 is 0 Å². The summed E-state index contributed by atoms with van der Waals surface area (Å²) in [5.41, 5.74) is 0.509. The Labute approximate surface area is 174 Å². The van der Waals surface area contributed by atoms with Crippen molar-refractivity contribution in [2.45, 2.75) is 32.4 Å². The van der Waals surface area contributed by atoms with Crippen LogP contribution >= 0.6 is 34.4 Å². The lowest BCUT2D eigenvalue weighted by molar-refractivity contribution is -0.116. The SMILES string of the molecule is CCCCCSC1=NN2C(=c3ccccc3=NC2c2ccc(I)o2)C(=O)N1. The van der Waals surface area contributed by atoms with E-state index in [9.17, 15) is 4.79 Å². The van der Waals surface area contributed by atoms with E-state index in [-0.39, 0.29) is 5.91 Å². The Morgan fingerprint density at radius 2 is 2.11 bits per heavy atom. The molecule has 1 unspecified atom stereocenters. The Kier molecular flexibility index (Phi) is 5.53. The van der Waals surface area contributed by atoms with Crippen molar-refractivity contribution < 1.29 is 9.21 Å². The third kappa shape index (κ3) is 3.77. The molecule has 0 aliphatic carbocycles. The van der Waals surface area contributed by atoms with Crippen LogP contribution in [-0.4, -0.2) is 21.8 Å². The zero-order valence-corrected chi connectivity index (χ0v) is 17.8. The Balaban J connectivity index is 1.76. The summed E-state index contributed by atoms with van der Waals surface area (Å²) in [7, 11) is 0. The van der Waals surface area contributed by atoms with Gasteiger partial charge in [-0.3, -0.25) is 10.1 Å². The number of carbonyl (C=O) groups excluding carboxylic acids is 1. The van der Waals surface area contributed by atoms with Gasteiger partial charge in [0.1, 0.15) is 5.70 Å². The number of hydrogen-bond donors (Lipinski definition) is 1. The molecule has 140 valence electrons. The fourth-order valence-electron chi connectivity index (χ4n) is 3.07. The molecular weight excluding hydrogens is 475 g/mol. The lowest BCUT2D eigenvalue weighted by Gasteiger charge is -2.32. The summed E-state index contributed by atoms with van der Waals surface area (Å²) in [6.45, 7) is 2.17. The fraction of sp³-hybridized carbons (Fsp3) is 0.316. The van der Waals surface area contributed by atoms with Gasteiger partial charge in [0.15, 0.2) is 14.7 Å². The summed E-state index contributed by atoms with van der Waals surface area (Å²) in [4.78, 5) is 17.7. The molecule has 2 aliphatic rings. The Bertz CT molecular complexity index is 1020. The molecule has 1 N–H and O–H groups in total. The molecule has 0 saturated carbocycles. The Morgan fingerprint density at radius 3 is 2.89 bits per heavy atom. The maximum absolute atomic E-state index is 12.9. The molecule has 0 spiro atoms. The molecular formula is C19H19IN4O2S. The number of benzene rings is 1. The molecule has 0 fully saturated rings. The number of fused-ring (bicyclic) bond motifs is 2. The van der Waals surface area contributed by atoms with Gasteiger partial charge in [0, 0.05) is 11.0 Å². The number of nitrogens with one attached hydrogen (secondary N) is 1. The Morgan fingerprint density at radius 1 is 1.26 bits per heavy atom. The third-order valence-corrected chi connectivity index (χ3v) is 5.88. The molecule has 1 aromatic heterocycles. The van der Waals surface area contributed by atoms with E-state index in [0.29, 0.717) is 16.6 Å². The van der Waals surface area contributed by atoms with Crippen LogP contribution in [0.15, 0.2) is 50.9 Å². The summed E-state index contributed by atoms with van der Waals surface area (Å²) in [6, 6.07) is 11.4. The summed E-state index contributed by atoms with van der Waals surface area (Å²) >= 11 is 3.70. The molecule has 0 bridgehead atoms. The number of thioether (sulfide) groups is 1. The molecule has 6 nitrogen and oxygen atoms in total. The van der Waals surface area contributed by atoms with E-state index in [1.807, 2.05) is 36.4 Å². The van der Waals surface area contributed by atoms with Gasteiger partial charge in [0.25, 0.3) is 5.91 Å². The summed E-state index contributed by atoms with van der Waals surface area (Å²) < 4.78 is 6.58. The van der Waals surface area contributed by atoms with Gasteiger partial charge < -0.3 is 4.42 Å². The Hall–Kier alpha value is -1.81. The molecule has 27 heavy (non-hydrogen) atoms. The van der Waals surface area contributed by atoms with Gasteiger partial charge in [-0.15, -0.1) is 5.10 Å². The van der Waals surface area contributed by atoms with Crippen molar-refractivity contribution in [1.82, 2.24) is 10.3 Å². The van der Waals surface area contributed by atoms with Crippen LogP contribution in [0.25, 0.3) is 5.70 Å². The highest BCUT2D eigenvalue weighted by Crippen LogP contribution is 2.32. The second kappa shape index (κ2) is 8.05. The van der Waals surface area contributed by atoms with E-state index in [1.165, 1.54) is 6.42 Å². The topological polar surface area (TPSA) is 70.2 Å². The molecule has 0 saturated heterocycles. The third-order valence-electron chi connectivity index (χ3n) is 4.35. The van der Waals surface area contributed by atoms with Crippen LogP contribution in [0, 0.1) is 3.77 Å². The number of nitrogens with zero attached hydrogens (tertiary/aromatic N) is 3. The van der Waals surface area contributed by atoms with Crippen LogP contribution in [0.3, 0.4) is 0 Å². The van der Waals surface area contributed by atoms with Crippen LogP contribution in [0.1, 0.15) is 38.1 Å². The fourth-order valence-corrected chi connectivity index (χ4v) is 4.35. The average Bonchev–Trinajstić information content (AvgIpc) is 3.10. The minimum absolute atomic E-state index is 0.156. The maximum atomic E-state index is 12.9. The van der Waals surface area contributed by atoms with Crippen molar-refractivity contribution in [2.24, 2.45) is 10.1 Å². The van der Waals surface area contributed by atoms with E-state index in [4.69, 9.17) is 14.5 Å². The molecule has 8 heteroatoms. The first-order valence-corrected chi connectivity index (χ1v) is 11.0. The van der Waals surface area contributed by atoms with Crippen molar-refractivity contribution in [1.29, 1.82) is 0 Å². The molecule has 1 aromatic carbocycles. The second-order valence-corrected chi connectivity index (χ2v) is 8.42. The first-order chi connectivity index (χ1) is 13.2. The van der Waals surface area contributed by atoms with E-state index in [1.54, 1.807) is 16.8 Å². The molecule has 0 radical (unpaired) electrons. The molecule has 2 aromatic rings. The average molecular weight is 494 g/mol. The number of hydrogen-bond acceptors (Lipinski definition) is 6. The highest BCUT2D eigenvalue weighted by atomic mass is 127. The zero-order chi connectivity index (χ0) is 18.8. The molecule has 1 atom stereocenters. The van der Waals surface area contributed by atoms with Crippen molar-refractivity contribution in [3.8, 4) is 0 Å². The number of furan rings is 1. The van der Waals surface area contributed by atoms with E-state index in [2.05, 4.69) is 34.8 Å². The van der Waals surface area contributed by atoms with Gasteiger partial charge in [-0.2, -0.15) is 0 Å². The quantitative estimate of drug-likeness (QED) is 0.513. The minimum Gasteiger partial charge on any atom is -0.451 e. The van der Waals surface area contributed by atoms with Crippen LogP contribution in [0.4, 0.5) is 0 Å². The monoisotopic (exact) mass is 494 g/mol. The number of rotatable bonds is 5. The predicted molar refractivity (Wildman–Crippen MR) is 114 cm³/mol. The van der Waals surface area contributed by atoms with Gasteiger partial charge in [0.2, 0.25) is 6.17 Å². The number of amides is 1. The highest BCUT2D eigenvalue weighted by molar-refractivity contribution is 14.1. The van der Waals surface area contributed by atoms with Gasteiger partial charge >= 0.3 is 0 Å². The molecule has 3 heterocycles. The van der Waals surface area contributed by atoms with Gasteiger partial charge in [-0.25, -0.2) is 10.0 Å². The van der Waals surface area contributed by atoms with Crippen LogP contribution < -0.4 is 15.9 Å². The van der Waals surface area contributed by atoms with Crippen LogP contribution in [-0.2, 0) is 4.79 Å². The van der Waals surface area contributed by atoms with Crippen molar-refractivity contribution in [3.63, 3.8) is 0 Å². The predicted octanol–water partition coefficient (Wildman–Crippen LogP) is 2.95. The molecule has 4 rings (SSSR count). The van der Waals surface area contributed by atoms with Gasteiger partial charge in [-0.1, -0.05) is 49.7 Å². The van der Waals surface area contributed by atoms with Crippen molar-refractivity contribution in [3.05, 3.63) is 56.5 Å². The smallest absolute Gasteiger partial charge is 0.276 e. The molecule has 2 aliphatic heterocycles. The number of amidine groups is 1. The minimum atomic E-state index is -0.490. The van der Waals surface area contributed by atoms with Gasteiger partial charge in [0.05, 0.1) is 5.36 Å². The zero-order valence-electron chi connectivity index (χ0n) is 14.8. The van der Waals surface area contributed by atoms with Crippen molar-refractivity contribution in [2.75, 3.05) is 5.75 Å². The number of hydrazone groups is 1. The normalized spacial score (nSPS) is 18.4. The number of para-hydroxylation sites is 1. The summed E-state index contributed by atoms with van der Waals surface area (Å²) in [5, 5.41) is 11.5. The maximum Gasteiger partial charge on any atom is 0.276 e. The highest BCUT2D eigenvalue weighted by Gasteiger charge is 2.35. The first-order valence-electron chi connectivity index (χ1n) is 8.92. The van der Waals surface area contributed by atoms with E-state index in [0.717, 1.165) is 32.9 Å². The molecule has 1 amide bonds. The van der Waals surface area contributed by atoms with Crippen LogP contribution in [0.5, 0.6) is 0 Å². The van der Waals surface area contributed by atoms with Crippen molar-refractivity contribution >= 4 is 51.1 Å². The standard InChI is InChI=1S/C19H19IN4O2S/c1-2-3-6-11-27-19-22-18(25)16-12-7-4-5-8-13(12)21-17(24(16)23-19)14-9-10-15(20)26-14/h4-5,7-10,17H,2-3,6,11H2,1H3,(H,22,23,25). The summed E-state index contributed by atoms with van der Waals surface area (Å²) in [5.74, 6) is 1.43. The van der Waals surface area contributed by atoms with Crippen LogP contribution in [0.2, 0.25) is 0 Å². The first kappa shape index (κ1) is 18.5. The lowest BCUT2D eigenvalue weighted by Crippen LogP contribution is -2.50. The summed E-state index contributed by atoms with van der Waals surface area (Å²) in [6.07, 6.45) is 2.94. The second-order valence-electron chi connectivity index (χ2n) is 6.27. The van der Waals surface area contributed by atoms with Gasteiger partial charge in [-0.05, 0) is 47.2 Å². The lowest BCUT2D eigenvalue weighted by atomic mass is 10.1. The number of carbonyl (C=O) groups is 1. The number of unbranched alkanes of at least 4 members (excludes halogenated alkanes) is 2. The largest absolute Gasteiger partial charge is 0.451 e. The number of halogens is 1.